The molecule has 0 bridgehead atoms. The number of hydrogen-bond donors (Lipinski definition) is 1. The Hall–Kier alpha value is -1.50. The van der Waals surface area contributed by atoms with Crippen LogP contribution < -0.4 is 9.47 Å². The Morgan fingerprint density at radius 1 is 1.16 bits per heavy atom. The Balaban J connectivity index is 0.00000289. The molecule has 0 amide bonds. The minimum Gasteiger partial charge on any atom is -0.486 e. The van der Waals surface area contributed by atoms with Gasteiger partial charge in [0.25, 0.3) is 0 Å². The minimum atomic E-state index is -3.77. The third kappa shape index (κ3) is 4.46. The highest BCUT2D eigenvalue weighted by molar-refractivity contribution is 8.93. The Kier molecular flexibility index (Phi) is 7.38. The summed E-state index contributed by atoms with van der Waals surface area (Å²) in [6.45, 7) is 0.995. The van der Waals surface area contributed by atoms with Gasteiger partial charge in [-0.1, -0.05) is 29.4 Å². The summed E-state index contributed by atoms with van der Waals surface area (Å²) < 4.78 is 37.5. The molecule has 2 aliphatic heterocycles. The van der Waals surface area contributed by atoms with Crippen LogP contribution in [-0.2, 0) is 15.7 Å². The van der Waals surface area contributed by atoms with Gasteiger partial charge in [-0.05, 0) is 24.3 Å². The first-order valence-electron chi connectivity index (χ1n) is 9.43. The van der Waals surface area contributed by atoms with Gasteiger partial charge in [0.2, 0.25) is 10.0 Å². The van der Waals surface area contributed by atoms with E-state index >= 15 is 0 Å². The van der Waals surface area contributed by atoms with Crippen LogP contribution in [0.25, 0.3) is 0 Å². The molecule has 2 heterocycles. The molecule has 32 heavy (non-hydrogen) atoms. The first-order chi connectivity index (χ1) is 14.6. The average molecular weight is 565 g/mol. The molecule has 0 aliphatic carbocycles. The molecule has 8 nitrogen and oxygen atoms in total. The van der Waals surface area contributed by atoms with E-state index in [0.29, 0.717) is 41.1 Å². The predicted molar refractivity (Wildman–Crippen MR) is 131 cm³/mol. The highest BCUT2D eigenvalue weighted by atomic mass is 79.9. The molecule has 1 atom stereocenters. The van der Waals surface area contributed by atoms with E-state index in [0.717, 1.165) is 4.31 Å². The van der Waals surface area contributed by atoms with Crippen molar-refractivity contribution in [3.8, 4) is 11.5 Å². The number of halogens is 2. The second-order valence-electron chi connectivity index (χ2n) is 7.32. The monoisotopic (exact) mass is 563 g/mol. The molecule has 1 saturated heterocycles. The molecule has 0 aromatic heterocycles. The second-order valence-corrected chi connectivity index (χ2v) is 10.8. The fraction of sp³-hybridized carbons (Fsp3) is 0.350. The van der Waals surface area contributed by atoms with Crippen molar-refractivity contribution in [2.45, 2.75) is 10.6 Å². The van der Waals surface area contributed by atoms with E-state index in [4.69, 9.17) is 21.1 Å². The third-order valence-corrected chi connectivity index (χ3v) is 8.61. The highest BCUT2D eigenvalue weighted by Gasteiger charge is 2.43. The fourth-order valence-corrected chi connectivity index (χ4v) is 5.86. The smallest absolute Gasteiger partial charge is 0.244 e. The Labute approximate surface area is 207 Å². The largest absolute Gasteiger partial charge is 0.486 e. The number of aliphatic imine (C=N–C) groups is 1. The summed E-state index contributed by atoms with van der Waals surface area (Å²) in [5.74, 6) is 1.58. The molecule has 1 fully saturated rings. The Morgan fingerprint density at radius 3 is 2.53 bits per heavy atom. The number of thioether (sulfide) groups is 1. The summed E-state index contributed by atoms with van der Waals surface area (Å²) >= 11 is 7.52. The van der Waals surface area contributed by atoms with Gasteiger partial charge in [0.1, 0.15) is 18.1 Å². The molecule has 0 spiro atoms. The maximum absolute atomic E-state index is 12.6. The number of amidine groups is 1. The van der Waals surface area contributed by atoms with Crippen molar-refractivity contribution in [3.05, 3.63) is 47.0 Å². The van der Waals surface area contributed by atoms with Crippen LogP contribution in [0.2, 0.25) is 5.02 Å². The van der Waals surface area contributed by atoms with Crippen molar-refractivity contribution in [2.75, 3.05) is 40.1 Å². The average Bonchev–Trinajstić information content (AvgIpc) is 3.03. The summed E-state index contributed by atoms with van der Waals surface area (Å²) in [5.41, 5.74) is -0.368. The standard InChI is InChI=1S/C20H22ClN3O5S2.BrH/c1-23(2)31(26,27)18-10-13(4-6-15(18)21)20(25)12-30-19(24(20)3)22-14-5-7-16-17(11-14)29-9-8-28-16;/h4-7,10-11,25H,8-9,12H2,1-3H3;1H. The lowest BCUT2D eigenvalue weighted by molar-refractivity contribution is -0.0349. The number of aliphatic hydroxyl groups is 1. The van der Waals surface area contributed by atoms with Gasteiger partial charge in [-0.3, -0.25) is 0 Å². The number of sulfonamides is 1. The molecule has 0 saturated carbocycles. The highest BCUT2D eigenvalue weighted by Crippen LogP contribution is 2.41. The molecule has 2 aliphatic rings. The van der Waals surface area contributed by atoms with Crippen LogP contribution in [0, 0.1) is 0 Å². The molecule has 12 heteroatoms. The van der Waals surface area contributed by atoms with Gasteiger partial charge in [0.05, 0.1) is 16.5 Å². The van der Waals surface area contributed by atoms with Crippen LogP contribution >= 0.6 is 40.3 Å². The number of rotatable bonds is 4. The quantitative estimate of drug-likeness (QED) is 0.608. The molecule has 1 unspecified atom stereocenters. The van der Waals surface area contributed by atoms with Crippen LogP contribution in [0.3, 0.4) is 0 Å². The van der Waals surface area contributed by atoms with Crippen molar-refractivity contribution in [1.82, 2.24) is 9.21 Å². The summed E-state index contributed by atoms with van der Waals surface area (Å²) in [5, 5.41) is 12.1. The number of ether oxygens (including phenoxy) is 2. The molecule has 0 radical (unpaired) electrons. The molecular weight excluding hydrogens is 542 g/mol. The first kappa shape index (κ1) is 25.1. The van der Waals surface area contributed by atoms with Crippen LogP contribution in [-0.4, -0.2) is 68.0 Å². The lowest BCUT2D eigenvalue weighted by Crippen LogP contribution is -2.42. The van der Waals surface area contributed by atoms with Crippen LogP contribution in [0.1, 0.15) is 5.56 Å². The van der Waals surface area contributed by atoms with Gasteiger partial charge in [0.15, 0.2) is 22.4 Å². The molecule has 174 valence electrons. The number of fused-ring (bicyclic) bond motifs is 1. The van der Waals surface area contributed by atoms with E-state index in [1.165, 1.54) is 38.0 Å². The topological polar surface area (TPSA) is 91.7 Å². The first-order valence-corrected chi connectivity index (χ1v) is 12.2. The van der Waals surface area contributed by atoms with Gasteiger partial charge in [-0.25, -0.2) is 17.7 Å². The lowest BCUT2D eigenvalue weighted by Gasteiger charge is -2.31. The molecule has 4 rings (SSSR count). The predicted octanol–water partition coefficient (Wildman–Crippen LogP) is 3.45. The summed E-state index contributed by atoms with van der Waals surface area (Å²) in [4.78, 5) is 6.22. The van der Waals surface area contributed by atoms with Crippen molar-refractivity contribution < 1.29 is 23.0 Å². The molecule has 2 aromatic rings. The maximum Gasteiger partial charge on any atom is 0.244 e. The van der Waals surface area contributed by atoms with E-state index in [-0.39, 0.29) is 32.7 Å². The molecule has 2 aromatic carbocycles. The van der Waals surface area contributed by atoms with Crippen LogP contribution in [0.4, 0.5) is 5.69 Å². The SMILES string of the molecule is Br.CN1C(=Nc2ccc3c(c2)OCCO3)SCC1(O)c1ccc(Cl)c(S(=O)(=O)N(C)C)c1. The summed E-state index contributed by atoms with van der Waals surface area (Å²) in [7, 11) is 0.815. The summed E-state index contributed by atoms with van der Waals surface area (Å²) in [6, 6.07) is 9.94. The number of benzene rings is 2. The second kappa shape index (κ2) is 9.40. The zero-order valence-corrected chi connectivity index (χ0v) is 21.7. The number of nitrogens with zero attached hydrogens (tertiary/aromatic N) is 3. The van der Waals surface area contributed by atoms with E-state index in [1.54, 1.807) is 30.1 Å². The van der Waals surface area contributed by atoms with Gasteiger partial charge < -0.3 is 19.5 Å². The normalized spacial score (nSPS) is 21.7. The number of hydrogen-bond acceptors (Lipinski definition) is 7. The van der Waals surface area contributed by atoms with E-state index < -0.39 is 15.7 Å². The van der Waals surface area contributed by atoms with Crippen molar-refractivity contribution >= 4 is 61.2 Å². The van der Waals surface area contributed by atoms with E-state index in [1.807, 2.05) is 6.07 Å². The molecular formula is C20H23BrClN3O5S2. The van der Waals surface area contributed by atoms with Crippen molar-refractivity contribution in [3.63, 3.8) is 0 Å². The lowest BCUT2D eigenvalue weighted by atomic mass is 10.0. The van der Waals surface area contributed by atoms with Crippen LogP contribution in [0.15, 0.2) is 46.3 Å². The van der Waals surface area contributed by atoms with E-state index in [9.17, 15) is 13.5 Å². The Morgan fingerprint density at radius 2 is 1.84 bits per heavy atom. The fourth-order valence-electron chi connectivity index (χ4n) is 3.26. The van der Waals surface area contributed by atoms with Crippen molar-refractivity contribution in [2.24, 2.45) is 4.99 Å². The van der Waals surface area contributed by atoms with Gasteiger partial charge in [-0.2, -0.15) is 0 Å². The summed E-state index contributed by atoms with van der Waals surface area (Å²) in [6.07, 6.45) is 0. The van der Waals surface area contributed by atoms with Gasteiger partial charge in [0, 0.05) is 32.8 Å². The minimum absolute atomic E-state index is 0. The zero-order chi connectivity index (χ0) is 22.4. The van der Waals surface area contributed by atoms with Crippen molar-refractivity contribution in [1.29, 1.82) is 0 Å². The molecule has 1 N–H and O–H groups in total. The van der Waals surface area contributed by atoms with E-state index in [2.05, 4.69) is 4.99 Å². The van der Waals surface area contributed by atoms with Crippen LogP contribution in [0.5, 0.6) is 11.5 Å². The van der Waals surface area contributed by atoms with Gasteiger partial charge in [-0.15, -0.1) is 17.0 Å². The Bertz CT molecular complexity index is 1160. The van der Waals surface area contributed by atoms with Gasteiger partial charge >= 0.3 is 0 Å². The third-order valence-electron chi connectivity index (χ3n) is 5.15. The zero-order valence-electron chi connectivity index (χ0n) is 17.6. The maximum atomic E-state index is 12.6.